The van der Waals surface area contributed by atoms with Crippen molar-refractivity contribution < 1.29 is 28.6 Å². The molecular weight excluding hydrogens is 426 g/mol. The van der Waals surface area contributed by atoms with Gasteiger partial charge in [-0.15, -0.1) is 0 Å². The van der Waals surface area contributed by atoms with Crippen molar-refractivity contribution in [2.75, 3.05) is 53.5 Å². The first-order chi connectivity index (χ1) is 15.6. The van der Waals surface area contributed by atoms with Gasteiger partial charge in [0.15, 0.2) is 0 Å². The number of methoxy groups -OCH3 is 2. The van der Waals surface area contributed by atoms with Gasteiger partial charge in [0.1, 0.15) is 17.1 Å². The Bertz CT molecular complexity index is 843. The molecule has 0 unspecified atom stereocenters. The summed E-state index contributed by atoms with van der Waals surface area (Å²) in [7, 11) is 3.10. The predicted octanol–water partition coefficient (Wildman–Crippen LogP) is 2.64. The first-order valence-electron chi connectivity index (χ1n) is 11.4. The Kier molecular flexibility index (Phi) is 7.71. The van der Waals surface area contributed by atoms with Crippen LogP contribution in [0.4, 0.5) is 4.79 Å². The topological polar surface area (TPSA) is 88.6 Å². The zero-order chi connectivity index (χ0) is 24.2. The Morgan fingerprint density at radius 2 is 1.30 bits per heavy atom. The summed E-state index contributed by atoms with van der Waals surface area (Å²) in [5.74, 6) is 1.03. The minimum absolute atomic E-state index is 0.0934. The van der Waals surface area contributed by atoms with Gasteiger partial charge in [-0.25, -0.2) is 4.79 Å². The molecule has 0 radical (unpaired) electrons. The summed E-state index contributed by atoms with van der Waals surface area (Å²) in [4.78, 5) is 43.5. The van der Waals surface area contributed by atoms with Crippen LogP contribution in [0, 0.1) is 5.92 Å². The summed E-state index contributed by atoms with van der Waals surface area (Å²) in [5.41, 5.74) is -0.0277. The lowest BCUT2D eigenvalue weighted by Gasteiger charge is -2.38. The number of carbonyl (C=O) groups is 3. The van der Waals surface area contributed by atoms with E-state index in [1.165, 1.54) is 0 Å². The molecule has 2 saturated heterocycles. The zero-order valence-corrected chi connectivity index (χ0v) is 20.3. The molecule has 182 valence electrons. The lowest BCUT2D eigenvalue weighted by molar-refractivity contribution is -0.138. The Labute approximate surface area is 195 Å². The molecule has 33 heavy (non-hydrogen) atoms. The van der Waals surface area contributed by atoms with Crippen molar-refractivity contribution in [3.63, 3.8) is 0 Å². The average Bonchev–Trinajstić information content (AvgIpc) is 2.81. The molecule has 3 amide bonds. The van der Waals surface area contributed by atoms with Crippen molar-refractivity contribution in [2.45, 2.75) is 39.2 Å². The molecule has 9 nitrogen and oxygen atoms in total. The van der Waals surface area contributed by atoms with Gasteiger partial charge in [-0.2, -0.15) is 0 Å². The number of rotatable bonds is 4. The molecule has 3 rings (SSSR count). The minimum Gasteiger partial charge on any atom is -0.497 e. The number of nitrogens with zero attached hydrogens (tertiary/aromatic N) is 3. The second kappa shape index (κ2) is 10.3. The minimum atomic E-state index is -0.536. The standard InChI is InChI=1S/C24H35N3O6/c1-24(2,3)33-23(30)27-12-10-26(11-13-27)21(28)17-6-8-25(9-7-17)22(29)18-14-19(31-4)16-20(15-18)32-5/h14-17H,6-13H2,1-5H3. The van der Waals surface area contributed by atoms with Crippen LogP contribution in [-0.4, -0.2) is 91.7 Å². The molecule has 0 atom stereocenters. The monoisotopic (exact) mass is 461 g/mol. The van der Waals surface area contributed by atoms with Crippen molar-refractivity contribution in [1.29, 1.82) is 0 Å². The number of piperazine rings is 1. The molecule has 1 aromatic rings. The van der Waals surface area contributed by atoms with Crippen molar-refractivity contribution in [3.8, 4) is 11.5 Å². The third kappa shape index (κ3) is 6.30. The quantitative estimate of drug-likeness (QED) is 0.685. The normalized spacial score (nSPS) is 17.5. The van der Waals surface area contributed by atoms with Crippen LogP contribution in [0.15, 0.2) is 18.2 Å². The molecule has 2 aliphatic heterocycles. The summed E-state index contributed by atoms with van der Waals surface area (Å²) in [5, 5.41) is 0. The van der Waals surface area contributed by atoms with Crippen molar-refractivity contribution >= 4 is 17.9 Å². The molecule has 0 saturated carbocycles. The van der Waals surface area contributed by atoms with Gasteiger partial charge in [-0.3, -0.25) is 9.59 Å². The highest BCUT2D eigenvalue weighted by Gasteiger charge is 2.33. The number of ether oxygens (including phenoxy) is 3. The summed E-state index contributed by atoms with van der Waals surface area (Å²) in [6.45, 7) is 8.50. The molecule has 2 fully saturated rings. The smallest absolute Gasteiger partial charge is 0.410 e. The molecule has 2 heterocycles. The largest absolute Gasteiger partial charge is 0.497 e. The van der Waals surface area contributed by atoms with Crippen LogP contribution < -0.4 is 9.47 Å². The molecule has 0 aromatic heterocycles. The van der Waals surface area contributed by atoms with E-state index >= 15 is 0 Å². The Balaban J connectivity index is 1.51. The van der Waals surface area contributed by atoms with Gasteiger partial charge >= 0.3 is 6.09 Å². The second-order valence-corrected chi connectivity index (χ2v) is 9.46. The maximum atomic E-state index is 13.0. The van der Waals surface area contributed by atoms with Crippen LogP contribution in [0.2, 0.25) is 0 Å². The molecule has 0 spiro atoms. The van der Waals surface area contributed by atoms with E-state index in [-0.39, 0.29) is 23.8 Å². The van der Waals surface area contributed by atoms with Crippen molar-refractivity contribution in [1.82, 2.24) is 14.7 Å². The maximum Gasteiger partial charge on any atom is 0.410 e. The zero-order valence-electron chi connectivity index (χ0n) is 20.3. The van der Waals surface area contributed by atoms with Gasteiger partial charge < -0.3 is 28.9 Å². The lowest BCUT2D eigenvalue weighted by Crippen LogP contribution is -2.53. The van der Waals surface area contributed by atoms with E-state index in [4.69, 9.17) is 14.2 Å². The van der Waals surface area contributed by atoms with Crippen LogP contribution in [-0.2, 0) is 9.53 Å². The summed E-state index contributed by atoms with van der Waals surface area (Å²) in [6.07, 6.45) is 0.909. The Morgan fingerprint density at radius 1 is 0.788 bits per heavy atom. The highest BCUT2D eigenvalue weighted by Crippen LogP contribution is 2.26. The summed E-state index contributed by atoms with van der Waals surface area (Å²) >= 11 is 0. The molecule has 0 bridgehead atoms. The molecule has 0 N–H and O–H groups in total. The van der Waals surface area contributed by atoms with Crippen LogP contribution in [0.3, 0.4) is 0 Å². The van der Waals surface area contributed by atoms with E-state index in [1.54, 1.807) is 42.2 Å². The SMILES string of the molecule is COc1cc(OC)cc(C(=O)N2CCC(C(=O)N3CCN(C(=O)OC(C)(C)C)CC3)CC2)c1. The van der Waals surface area contributed by atoms with Gasteiger partial charge in [0, 0.05) is 56.8 Å². The molecule has 2 aliphatic rings. The van der Waals surface area contributed by atoms with Crippen LogP contribution >= 0.6 is 0 Å². The number of hydrogen-bond donors (Lipinski definition) is 0. The van der Waals surface area contributed by atoms with E-state index in [0.29, 0.717) is 69.2 Å². The van der Waals surface area contributed by atoms with Gasteiger partial charge in [-0.1, -0.05) is 0 Å². The average molecular weight is 462 g/mol. The first kappa shape index (κ1) is 24.7. The maximum absolute atomic E-state index is 13.0. The molecule has 1 aromatic carbocycles. The first-order valence-corrected chi connectivity index (χ1v) is 11.4. The highest BCUT2D eigenvalue weighted by molar-refractivity contribution is 5.95. The van der Waals surface area contributed by atoms with Crippen molar-refractivity contribution in [3.05, 3.63) is 23.8 Å². The molecule has 0 aliphatic carbocycles. The fourth-order valence-corrected chi connectivity index (χ4v) is 4.14. The van der Waals surface area contributed by atoms with Gasteiger partial charge in [0.25, 0.3) is 5.91 Å². The van der Waals surface area contributed by atoms with E-state index in [0.717, 1.165) is 0 Å². The van der Waals surface area contributed by atoms with Crippen molar-refractivity contribution in [2.24, 2.45) is 5.92 Å². The fourth-order valence-electron chi connectivity index (χ4n) is 4.14. The van der Waals surface area contributed by atoms with Gasteiger partial charge in [-0.05, 0) is 45.7 Å². The molecule has 9 heteroatoms. The number of likely N-dealkylation sites (tertiary alicyclic amines) is 1. The van der Waals surface area contributed by atoms with E-state index in [2.05, 4.69) is 0 Å². The van der Waals surface area contributed by atoms with Crippen LogP contribution in [0.5, 0.6) is 11.5 Å². The van der Waals surface area contributed by atoms with E-state index < -0.39 is 5.60 Å². The number of carbonyl (C=O) groups excluding carboxylic acids is 3. The van der Waals surface area contributed by atoms with E-state index in [9.17, 15) is 14.4 Å². The second-order valence-electron chi connectivity index (χ2n) is 9.46. The Hall–Kier alpha value is -2.97. The Morgan fingerprint density at radius 3 is 1.79 bits per heavy atom. The number of amides is 3. The number of hydrogen-bond acceptors (Lipinski definition) is 6. The molecular formula is C24H35N3O6. The van der Waals surface area contributed by atoms with Crippen LogP contribution in [0.25, 0.3) is 0 Å². The van der Waals surface area contributed by atoms with Gasteiger partial charge in [0.2, 0.25) is 5.91 Å². The number of benzene rings is 1. The third-order valence-corrected chi connectivity index (χ3v) is 5.97. The summed E-state index contributed by atoms with van der Waals surface area (Å²) < 4.78 is 15.9. The number of piperidine rings is 1. The highest BCUT2D eigenvalue weighted by atomic mass is 16.6. The lowest BCUT2D eigenvalue weighted by atomic mass is 9.94. The summed E-state index contributed by atoms with van der Waals surface area (Å²) in [6, 6.07) is 5.13. The van der Waals surface area contributed by atoms with Crippen LogP contribution in [0.1, 0.15) is 44.0 Å². The predicted molar refractivity (Wildman–Crippen MR) is 123 cm³/mol. The van der Waals surface area contributed by atoms with Gasteiger partial charge in [0.05, 0.1) is 14.2 Å². The van der Waals surface area contributed by atoms with E-state index in [1.807, 2.05) is 25.7 Å². The third-order valence-electron chi connectivity index (χ3n) is 5.97. The fraction of sp³-hybridized carbons (Fsp3) is 0.625.